The summed E-state index contributed by atoms with van der Waals surface area (Å²) < 4.78 is 40.6. The van der Waals surface area contributed by atoms with E-state index in [9.17, 15) is 18.0 Å². The summed E-state index contributed by atoms with van der Waals surface area (Å²) in [6.07, 6.45) is 0.244. The molecular weight excluding hydrogens is 578 g/mol. The predicted molar refractivity (Wildman–Crippen MR) is 168 cm³/mol. The van der Waals surface area contributed by atoms with Crippen molar-refractivity contribution in [3.8, 4) is 11.5 Å². The number of rotatable bonds is 11. The number of hydrogen-bond donors (Lipinski definition) is 1. The number of carbonyl (C=O) groups is 2. The molecule has 0 saturated carbocycles. The summed E-state index contributed by atoms with van der Waals surface area (Å²) in [4.78, 5) is 29.3. The molecule has 10 heteroatoms. The highest BCUT2D eigenvalue weighted by atomic mass is 32.2. The summed E-state index contributed by atoms with van der Waals surface area (Å²) in [6, 6.07) is 28.9. The zero-order valence-corrected chi connectivity index (χ0v) is 25.5. The molecule has 0 saturated heterocycles. The summed E-state index contributed by atoms with van der Waals surface area (Å²) in [5.41, 5.74) is 2.96. The summed E-state index contributed by atoms with van der Waals surface area (Å²) >= 11 is 0. The zero-order valence-electron chi connectivity index (χ0n) is 24.7. The number of anilines is 1. The Kier molecular flexibility index (Phi) is 9.50. The van der Waals surface area contributed by atoms with Crippen molar-refractivity contribution in [3.63, 3.8) is 0 Å². The minimum Gasteiger partial charge on any atom is -0.486 e. The normalized spacial score (nSPS) is 13.0. The molecule has 1 aliphatic rings. The third kappa shape index (κ3) is 7.03. The molecule has 228 valence electrons. The van der Waals surface area contributed by atoms with E-state index >= 15 is 0 Å². The number of likely N-dealkylation sites (N-methyl/N-ethyl adjacent to an activating group) is 1. The molecule has 1 heterocycles. The van der Waals surface area contributed by atoms with Crippen molar-refractivity contribution in [3.05, 3.63) is 120 Å². The van der Waals surface area contributed by atoms with Gasteiger partial charge in [-0.15, -0.1) is 0 Å². The number of fused-ring (bicyclic) bond motifs is 1. The molecule has 9 nitrogen and oxygen atoms in total. The van der Waals surface area contributed by atoms with Gasteiger partial charge in [0.1, 0.15) is 25.8 Å². The SMILES string of the molecule is CNC(=O)[C@@H](Cc1ccccc1)N(Cc1ccc(C)cc1)C(=O)CN(c1ccc2c(c1)OCCO2)S(=O)(=O)c1ccccc1. The second-order valence-electron chi connectivity index (χ2n) is 10.5. The Bertz CT molecular complexity index is 1700. The highest BCUT2D eigenvalue weighted by Crippen LogP contribution is 2.36. The predicted octanol–water partition coefficient (Wildman–Crippen LogP) is 4.35. The molecule has 0 bridgehead atoms. The van der Waals surface area contributed by atoms with Crippen molar-refractivity contribution in [2.24, 2.45) is 0 Å². The molecule has 1 N–H and O–H groups in total. The average Bonchev–Trinajstić information content (AvgIpc) is 3.06. The molecule has 0 spiro atoms. The van der Waals surface area contributed by atoms with Gasteiger partial charge >= 0.3 is 0 Å². The van der Waals surface area contributed by atoms with Crippen LogP contribution in [-0.2, 0) is 32.6 Å². The lowest BCUT2D eigenvalue weighted by Crippen LogP contribution is -2.53. The molecule has 1 atom stereocenters. The fourth-order valence-electron chi connectivity index (χ4n) is 5.05. The number of aryl methyl sites for hydroxylation is 1. The van der Waals surface area contributed by atoms with Crippen LogP contribution in [0.25, 0.3) is 0 Å². The van der Waals surface area contributed by atoms with Crippen molar-refractivity contribution in [2.75, 3.05) is 31.1 Å². The Labute approximate surface area is 258 Å². The highest BCUT2D eigenvalue weighted by molar-refractivity contribution is 7.92. The molecule has 0 aromatic heterocycles. The second-order valence-corrected chi connectivity index (χ2v) is 12.3. The van der Waals surface area contributed by atoms with Gasteiger partial charge in [-0.05, 0) is 42.3 Å². The van der Waals surface area contributed by atoms with Crippen LogP contribution in [0.2, 0.25) is 0 Å². The maximum Gasteiger partial charge on any atom is 0.264 e. The maximum atomic E-state index is 14.4. The number of hydrogen-bond acceptors (Lipinski definition) is 6. The van der Waals surface area contributed by atoms with Gasteiger partial charge < -0.3 is 19.7 Å². The third-order valence-electron chi connectivity index (χ3n) is 7.41. The van der Waals surface area contributed by atoms with E-state index in [2.05, 4.69) is 5.32 Å². The van der Waals surface area contributed by atoms with Crippen molar-refractivity contribution in [1.82, 2.24) is 10.2 Å². The molecule has 4 aromatic rings. The number of nitrogens with one attached hydrogen (secondary N) is 1. The monoisotopic (exact) mass is 613 g/mol. The molecule has 0 fully saturated rings. The lowest BCUT2D eigenvalue weighted by Gasteiger charge is -2.34. The van der Waals surface area contributed by atoms with Crippen LogP contribution >= 0.6 is 0 Å². The van der Waals surface area contributed by atoms with Crippen LogP contribution in [0.3, 0.4) is 0 Å². The molecule has 2 amide bonds. The second kappa shape index (κ2) is 13.6. The first-order valence-corrected chi connectivity index (χ1v) is 15.8. The van der Waals surface area contributed by atoms with E-state index in [1.807, 2.05) is 61.5 Å². The number of benzene rings is 4. The molecule has 44 heavy (non-hydrogen) atoms. The fraction of sp³-hybridized carbons (Fsp3) is 0.235. The molecular formula is C34H35N3O6S. The number of carbonyl (C=O) groups excluding carboxylic acids is 2. The number of amides is 2. The zero-order chi connectivity index (χ0) is 31.1. The minimum absolute atomic E-state index is 0.0277. The van der Waals surface area contributed by atoms with Crippen LogP contribution in [-0.4, -0.2) is 58.0 Å². The smallest absolute Gasteiger partial charge is 0.264 e. The molecule has 1 aliphatic heterocycles. The Balaban J connectivity index is 1.57. The van der Waals surface area contributed by atoms with Gasteiger partial charge in [0.2, 0.25) is 11.8 Å². The van der Waals surface area contributed by atoms with E-state index < -0.39 is 28.5 Å². The number of nitrogens with zero attached hydrogens (tertiary/aromatic N) is 2. The summed E-state index contributed by atoms with van der Waals surface area (Å²) in [6.45, 7) is 2.22. The number of sulfonamides is 1. The van der Waals surface area contributed by atoms with Gasteiger partial charge in [0.15, 0.2) is 11.5 Å². The fourth-order valence-corrected chi connectivity index (χ4v) is 6.47. The van der Waals surface area contributed by atoms with Crippen molar-refractivity contribution in [2.45, 2.75) is 30.8 Å². The summed E-state index contributed by atoms with van der Waals surface area (Å²) in [5, 5.41) is 2.70. The van der Waals surface area contributed by atoms with Crippen molar-refractivity contribution >= 4 is 27.5 Å². The Morgan fingerprint density at radius 3 is 2.11 bits per heavy atom. The van der Waals surface area contributed by atoms with Gasteiger partial charge in [-0.3, -0.25) is 13.9 Å². The summed E-state index contributed by atoms with van der Waals surface area (Å²) in [5.74, 6) is -0.0131. The highest BCUT2D eigenvalue weighted by Gasteiger charge is 2.34. The third-order valence-corrected chi connectivity index (χ3v) is 9.20. The molecule has 0 aliphatic carbocycles. The Morgan fingerprint density at radius 2 is 1.45 bits per heavy atom. The van der Waals surface area contributed by atoms with E-state index in [1.54, 1.807) is 36.4 Å². The lowest BCUT2D eigenvalue weighted by molar-refractivity contribution is -0.139. The lowest BCUT2D eigenvalue weighted by atomic mass is 10.0. The average molecular weight is 614 g/mol. The van der Waals surface area contributed by atoms with E-state index in [-0.39, 0.29) is 29.5 Å². The minimum atomic E-state index is -4.21. The molecule has 5 rings (SSSR count). The van der Waals surface area contributed by atoms with Gasteiger partial charge in [0.25, 0.3) is 10.0 Å². The molecule has 4 aromatic carbocycles. The standard InChI is InChI=1S/C34H35N3O6S/c1-25-13-15-27(16-14-25)23-36(30(34(39)35-2)21-26-9-5-3-6-10-26)33(38)24-37(44(40,41)29-11-7-4-8-12-29)28-17-18-31-32(22-28)43-20-19-42-31/h3-18,22,30H,19-21,23-24H2,1-2H3,(H,35,39)/t30-/m1/s1. The van der Waals surface area contributed by atoms with E-state index in [0.29, 0.717) is 24.7 Å². The van der Waals surface area contributed by atoms with Gasteiger partial charge in [0.05, 0.1) is 10.6 Å². The number of ether oxygens (including phenoxy) is 2. The first-order valence-electron chi connectivity index (χ1n) is 14.3. The Hall–Kier alpha value is -4.83. The van der Waals surface area contributed by atoms with Gasteiger partial charge in [-0.2, -0.15) is 0 Å². The van der Waals surface area contributed by atoms with Crippen LogP contribution in [0.1, 0.15) is 16.7 Å². The van der Waals surface area contributed by atoms with Gasteiger partial charge in [-0.25, -0.2) is 8.42 Å². The topological polar surface area (TPSA) is 105 Å². The quantitative estimate of drug-likeness (QED) is 0.270. The van der Waals surface area contributed by atoms with Gasteiger partial charge in [-0.1, -0.05) is 78.4 Å². The van der Waals surface area contributed by atoms with Crippen molar-refractivity contribution < 1.29 is 27.5 Å². The van der Waals surface area contributed by atoms with Crippen LogP contribution in [0.15, 0.2) is 108 Å². The van der Waals surface area contributed by atoms with Crippen LogP contribution in [0.5, 0.6) is 11.5 Å². The van der Waals surface area contributed by atoms with Crippen LogP contribution < -0.4 is 19.1 Å². The van der Waals surface area contributed by atoms with Gasteiger partial charge in [0, 0.05) is 26.1 Å². The van der Waals surface area contributed by atoms with E-state index in [1.165, 1.54) is 24.1 Å². The summed E-state index contributed by atoms with van der Waals surface area (Å²) in [7, 11) is -2.69. The first kappa shape index (κ1) is 30.6. The van der Waals surface area contributed by atoms with Crippen LogP contribution in [0, 0.1) is 6.92 Å². The largest absolute Gasteiger partial charge is 0.486 e. The Morgan fingerprint density at radius 1 is 0.818 bits per heavy atom. The van der Waals surface area contributed by atoms with E-state index in [4.69, 9.17) is 9.47 Å². The first-order chi connectivity index (χ1) is 21.3. The van der Waals surface area contributed by atoms with Crippen LogP contribution in [0.4, 0.5) is 5.69 Å². The maximum absolute atomic E-state index is 14.4. The van der Waals surface area contributed by atoms with E-state index in [0.717, 1.165) is 21.0 Å². The van der Waals surface area contributed by atoms with Crippen molar-refractivity contribution in [1.29, 1.82) is 0 Å². The molecule has 0 unspecified atom stereocenters. The molecule has 0 radical (unpaired) electrons.